The average molecular weight is 345 g/mol. The predicted molar refractivity (Wildman–Crippen MR) is 82.2 cm³/mol. The largest absolute Gasteiger partial charge is 0.401 e. The van der Waals surface area contributed by atoms with Crippen LogP contribution in [0.25, 0.3) is 0 Å². The summed E-state index contributed by atoms with van der Waals surface area (Å²) in [5, 5.41) is 0. The molecule has 0 unspecified atom stereocenters. The molecule has 1 fully saturated rings. The third kappa shape index (κ3) is 6.09. The lowest BCUT2D eigenvalue weighted by atomic mass is 10.0. The van der Waals surface area contributed by atoms with Crippen molar-refractivity contribution in [3.05, 3.63) is 30.1 Å². The van der Waals surface area contributed by atoms with Gasteiger partial charge in [-0.05, 0) is 30.5 Å². The second kappa shape index (κ2) is 8.43. The lowest BCUT2D eigenvalue weighted by molar-refractivity contribution is -0.151. The lowest BCUT2D eigenvalue weighted by Gasteiger charge is -2.36. The molecule has 8 heteroatoms. The van der Waals surface area contributed by atoms with Crippen molar-refractivity contribution >= 4 is 5.91 Å². The van der Waals surface area contributed by atoms with Gasteiger partial charge in [0.05, 0.1) is 13.2 Å². The summed E-state index contributed by atoms with van der Waals surface area (Å²) in [5.41, 5.74) is 0.931. The first-order chi connectivity index (χ1) is 11.3. The van der Waals surface area contributed by atoms with E-state index in [1.54, 1.807) is 24.3 Å². The number of alkyl halides is 3. The van der Waals surface area contributed by atoms with Crippen molar-refractivity contribution in [2.75, 3.05) is 33.3 Å². The van der Waals surface area contributed by atoms with E-state index in [1.165, 1.54) is 4.90 Å². The van der Waals surface area contributed by atoms with E-state index in [1.807, 2.05) is 12.1 Å². The van der Waals surface area contributed by atoms with Gasteiger partial charge in [-0.25, -0.2) is 0 Å². The number of halogens is 3. The molecular formula is C16H22F3N3O2. The Hall–Kier alpha value is -1.67. The second-order valence-electron chi connectivity index (χ2n) is 5.98. The molecule has 1 aromatic heterocycles. The first kappa shape index (κ1) is 18.7. The molecule has 0 radical (unpaired) electrons. The van der Waals surface area contributed by atoms with Crippen molar-refractivity contribution < 1.29 is 22.7 Å². The highest BCUT2D eigenvalue weighted by atomic mass is 19.4. The number of likely N-dealkylation sites (tertiary alicyclic amines) is 1. The summed E-state index contributed by atoms with van der Waals surface area (Å²) in [6, 6.07) is 3.58. The smallest absolute Gasteiger partial charge is 0.367 e. The fourth-order valence-electron chi connectivity index (χ4n) is 2.76. The van der Waals surface area contributed by atoms with Crippen LogP contribution in [0.2, 0.25) is 0 Å². The second-order valence-corrected chi connectivity index (χ2v) is 5.98. The Labute approximate surface area is 139 Å². The molecule has 1 aromatic rings. The van der Waals surface area contributed by atoms with Crippen molar-refractivity contribution in [3.8, 4) is 0 Å². The van der Waals surface area contributed by atoms with Gasteiger partial charge < -0.3 is 9.64 Å². The van der Waals surface area contributed by atoms with E-state index in [4.69, 9.17) is 4.74 Å². The summed E-state index contributed by atoms with van der Waals surface area (Å²) in [7, 11) is 1.68. The fraction of sp³-hybridized carbons (Fsp3) is 0.625. The van der Waals surface area contributed by atoms with Crippen molar-refractivity contribution in [2.24, 2.45) is 0 Å². The number of pyridine rings is 1. The van der Waals surface area contributed by atoms with Crippen LogP contribution in [0.5, 0.6) is 0 Å². The van der Waals surface area contributed by atoms with Crippen LogP contribution in [0.4, 0.5) is 13.2 Å². The molecule has 0 spiro atoms. The Morgan fingerprint density at radius 3 is 2.54 bits per heavy atom. The average Bonchev–Trinajstić information content (AvgIpc) is 2.54. The van der Waals surface area contributed by atoms with Crippen LogP contribution in [0.3, 0.4) is 0 Å². The Balaban J connectivity index is 1.70. The van der Waals surface area contributed by atoms with Crippen molar-refractivity contribution in [1.29, 1.82) is 0 Å². The number of carbonyl (C=O) groups is 1. The zero-order chi connectivity index (χ0) is 17.6. The minimum Gasteiger partial charge on any atom is -0.367 e. The maximum atomic E-state index is 12.4. The molecule has 0 atom stereocenters. The van der Waals surface area contributed by atoms with Gasteiger partial charge in [0.2, 0.25) is 5.91 Å². The molecule has 2 rings (SSSR count). The number of aromatic nitrogens is 1. The van der Waals surface area contributed by atoms with Crippen LogP contribution in [-0.2, 0) is 16.1 Å². The van der Waals surface area contributed by atoms with Crippen LogP contribution in [0, 0.1) is 0 Å². The van der Waals surface area contributed by atoms with Gasteiger partial charge in [-0.1, -0.05) is 0 Å². The predicted octanol–water partition coefficient (Wildman–Crippen LogP) is 2.08. The number of rotatable bonds is 6. The molecule has 0 aliphatic carbocycles. The molecule has 0 saturated carbocycles. The molecule has 0 aromatic carbocycles. The van der Waals surface area contributed by atoms with Crippen LogP contribution < -0.4 is 0 Å². The van der Waals surface area contributed by atoms with Gasteiger partial charge in [-0.15, -0.1) is 0 Å². The van der Waals surface area contributed by atoms with Gasteiger partial charge in [-0.2, -0.15) is 13.2 Å². The summed E-state index contributed by atoms with van der Waals surface area (Å²) < 4.78 is 42.5. The maximum Gasteiger partial charge on any atom is 0.401 e. The molecule has 1 aliphatic rings. The normalized spacial score (nSPS) is 17.0. The minimum absolute atomic E-state index is 0.0356. The molecule has 5 nitrogen and oxygen atoms in total. The standard InChI is InChI=1S/C16H22F3N3O2/c1-21(14-4-8-22(9-5-14)12-16(17,18)19)15(23)11-24-10-13-2-6-20-7-3-13/h2-3,6-7,14H,4-5,8-12H2,1H3. The van der Waals surface area contributed by atoms with Crippen molar-refractivity contribution in [3.63, 3.8) is 0 Å². The maximum absolute atomic E-state index is 12.4. The Morgan fingerprint density at radius 1 is 1.33 bits per heavy atom. The highest BCUT2D eigenvalue weighted by molar-refractivity contribution is 5.77. The Bertz CT molecular complexity index is 517. The van der Waals surface area contributed by atoms with E-state index >= 15 is 0 Å². The van der Waals surface area contributed by atoms with Crippen molar-refractivity contribution in [1.82, 2.24) is 14.8 Å². The molecule has 2 heterocycles. The first-order valence-electron chi connectivity index (χ1n) is 7.86. The molecule has 0 N–H and O–H groups in total. The summed E-state index contributed by atoms with van der Waals surface area (Å²) >= 11 is 0. The van der Waals surface area contributed by atoms with Crippen LogP contribution in [-0.4, -0.2) is 66.2 Å². The number of amides is 1. The number of nitrogens with zero attached hydrogens (tertiary/aromatic N) is 3. The zero-order valence-corrected chi connectivity index (χ0v) is 13.6. The molecular weight excluding hydrogens is 323 g/mol. The van der Waals surface area contributed by atoms with Gasteiger partial charge in [0.1, 0.15) is 6.61 Å². The molecule has 1 saturated heterocycles. The number of carbonyl (C=O) groups excluding carboxylic acids is 1. The van der Waals surface area contributed by atoms with Gasteiger partial charge in [0, 0.05) is 38.6 Å². The van der Waals surface area contributed by atoms with Gasteiger partial charge in [-0.3, -0.25) is 14.7 Å². The highest BCUT2D eigenvalue weighted by Crippen LogP contribution is 2.21. The number of ether oxygens (including phenoxy) is 1. The Kier molecular flexibility index (Phi) is 6.56. The molecule has 1 amide bonds. The van der Waals surface area contributed by atoms with E-state index in [0.29, 0.717) is 32.5 Å². The third-order valence-electron chi connectivity index (χ3n) is 4.14. The Morgan fingerprint density at radius 2 is 1.96 bits per heavy atom. The van der Waals surface area contributed by atoms with Crippen LogP contribution in [0.1, 0.15) is 18.4 Å². The third-order valence-corrected chi connectivity index (χ3v) is 4.14. The number of likely N-dealkylation sites (N-methyl/N-ethyl adjacent to an activating group) is 1. The first-order valence-corrected chi connectivity index (χ1v) is 7.86. The lowest BCUT2D eigenvalue weighted by Crippen LogP contribution is -2.48. The molecule has 134 valence electrons. The quantitative estimate of drug-likeness (QED) is 0.792. The van der Waals surface area contributed by atoms with Gasteiger partial charge >= 0.3 is 6.18 Å². The topological polar surface area (TPSA) is 45.7 Å². The van der Waals surface area contributed by atoms with E-state index in [9.17, 15) is 18.0 Å². The summed E-state index contributed by atoms with van der Waals surface area (Å²) in [6.07, 6.45) is 0.226. The van der Waals surface area contributed by atoms with Crippen LogP contribution >= 0.6 is 0 Å². The van der Waals surface area contributed by atoms with E-state index in [0.717, 1.165) is 5.56 Å². The summed E-state index contributed by atoms with van der Waals surface area (Å²) in [4.78, 5) is 19.0. The summed E-state index contributed by atoms with van der Waals surface area (Å²) in [5.74, 6) is -0.154. The SMILES string of the molecule is CN(C(=O)COCc1ccncc1)C1CCN(CC(F)(F)F)CC1. The minimum atomic E-state index is -4.17. The van der Waals surface area contributed by atoms with Gasteiger partial charge in [0.15, 0.2) is 0 Å². The summed E-state index contributed by atoms with van der Waals surface area (Å²) in [6.45, 7) is 0.0967. The number of hydrogen-bond donors (Lipinski definition) is 0. The van der Waals surface area contributed by atoms with Gasteiger partial charge in [0.25, 0.3) is 0 Å². The van der Waals surface area contributed by atoms with E-state index in [-0.39, 0.29) is 18.6 Å². The van der Waals surface area contributed by atoms with E-state index in [2.05, 4.69) is 4.98 Å². The molecule has 1 aliphatic heterocycles. The fourth-order valence-corrected chi connectivity index (χ4v) is 2.76. The number of piperidine rings is 1. The molecule has 0 bridgehead atoms. The molecule has 24 heavy (non-hydrogen) atoms. The monoisotopic (exact) mass is 345 g/mol. The number of hydrogen-bond acceptors (Lipinski definition) is 4. The van der Waals surface area contributed by atoms with Crippen molar-refractivity contribution in [2.45, 2.75) is 31.7 Å². The highest BCUT2D eigenvalue weighted by Gasteiger charge is 2.33. The zero-order valence-electron chi connectivity index (χ0n) is 13.6. The van der Waals surface area contributed by atoms with E-state index < -0.39 is 12.7 Å². The van der Waals surface area contributed by atoms with Crippen LogP contribution in [0.15, 0.2) is 24.5 Å².